The molecule has 0 aliphatic carbocycles. The Morgan fingerprint density at radius 3 is 2.48 bits per heavy atom. The quantitative estimate of drug-likeness (QED) is 0.177. The highest BCUT2D eigenvalue weighted by molar-refractivity contribution is 9.10. The van der Waals surface area contributed by atoms with E-state index >= 15 is 0 Å². The van der Waals surface area contributed by atoms with Crippen LogP contribution in [0.1, 0.15) is 10.4 Å². The lowest BCUT2D eigenvalue weighted by atomic mass is 10.0. The van der Waals surface area contributed by atoms with Crippen LogP contribution in [-0.2, 0) is 0 Å². The van der Waals surface area contributed by atoms with Crippen LogP contribution in [0.15, 0.2) is 95.7 Å². The zero-order valence-electron chi connectivity index (χ0n) is 16.6. The highest BCUT2D eigenvalue weighted by Gasteiger charge is 2.17. The molecule has 5 rings (SSSR count). The van der Waals surface area contributed by atoms with Crippen molar-refractivity contribution in [2.45, 2.75) is 0 Å². The molecule has 0 atom stereocenters. The summed E-state index contributed by atoms with van der Waals surface area (Å²) in [6.45, 7) is 0. The fourth-order valence-corrected chi connectivity index (χ4v) is 3.88. The van der Waals surface area contributed by atoms with Gasteiger partial charge in [0, 0.05) is 32.9 Å². The third-order valence-corrected chi connectivity index (χ3v) is 5.50. The Morgan fingerprint density at radius 2 is 1.67 bits per heavy atom. The van der Waals surface area contributed by atoms with Crippen molar-refractivity contribution in [3.8, 4) is 16.9 Å². The summed E-state index contributed by atoms with van der Waals surface area (Å²) in [5, 5.41) is 1.10. The average Bonchev–Trinajstić information content (AvgIpc) is 2.78. The maximum absolute atomic E-state index is 13.9. The summed E-state index contributed by atoms with van der Waals surface area (Å²) in [6, 6.07) is 17.8. The number of fused-ring (bicyclic) bond motifs is 2. The lowest BCUT2D eigenvalue weighted by molar-refractivity contribution is 0.0730. The van der Waals surface area contributed by atoms with E-state index in [-0.39, 0.29) is 22.5 Å². The van der Waals surface area contributed by atoms with E-state index in [4.69, 9.17) is 13.6 Å². The number of carbonyl (C=O) groups excluding carboxylic acids is 1. The van der Waals surface area contributed by atoms with E-state index in [1.54, 1.807) is 30.3 Å². The molecule has 0 spiro atoms. The molecule has 0 aliphatic heterocycles. The zero-order chi connectivity index (χ0) is 23.1. The first-order valence-electron chi connectivity index (χ1n) is 9.67. The molecule has 2 aromatic heterocycles. The molecule has 0 fully saturated rings. The van der Waals surface area contributed by atoms with Gasteiger partial charge in [-0.1, -0.05) is 28.1 Å². The van der Waals surface area contributed by atoms with Gasteiger partial charge in [-0.2, -0.15) is 0 Å². The van der Waals surface area contributed by atoms with Gasteiger partial charge in [0.25, 0.3) is 0 Å². The number of hydrogen-bond acceptors (Lipinski definition) is 6. The Bertz CT molecular complexity index is 1680. The van der Waals surface area contributed by atoms with Gasteiger partial charge in [-0.3, -0.25) is 0 Å². The molecule has 3 aromatic carbocycles. The van der Waals surface area contributed by atoms with Crippen molar-refractivity contribution < 1.29 is 22.8 Å². The fourth-order valence-electron chi connectivity index (χ4n) is 3.50. The highest BCUT2D eigenvalue weighted by Crippen LogP contribution is 2.30. The molecule has 0 radical (unpaired) electrons. The van der Waals surface area contributed by atoms with Gasteiger partial charge >= 0.3 is 17.2 Å². The molecule has 2 heterocycles. The summed E-state index contributed by atoms with van der Waals surface area (Å²) in [5.74, 6) is -1.57. The van der Waals surface area contributed by atoms with E-state index in [0.29, 0.717) is 21.9 Å². The Balaban J connectivity index is 1.61. The molecule has 0 N–H and O–H groups in total. The van der Waals surface area contributed by atoms with E-state index in [2.05, 4.69) is 15.9 Å². The number of halogens is 2. The van der Waals surface area contributed by atoms with Crippen molar-refractivity contribution in [1.82, 2.24) is 0 Å². The van der Waals surface area contributed by atoms with Crippen molar-refractivity contribution >= 4 is 43.8 Å². The fraction of sp³-hybridized carbons (Fsp3) is 0. The normalized spacial score (nSPS) is 11.1. The first kappa shape index (κ1) is 20.8. The number of rotatable bonds is 3. The summed E-state index contributed by atoms with van der Waals surface area (Å²) in [4.78, 5) is 37.2. The molecule has 8 heteroatoms. The number of carbonyl (C=O) groups is 1. The van der Waals surface area contributed by atoms with E-state index in [1.165, 1.54) is 36.4 Å². The van der Waals surface area contributed by atoms with Gasteiger partial charge in [-0.25, -0.2) is 18.8 Å². The van der Waals surface area contributed by atoms with Crippen molar-refractivity contribution in [3.63, 3.8) is 0 Å². The largest absolute Gasteiger partial charge is 0.423 e. The topological polar surface area (TPSA) is 86.7 Å². The van der Waals surface area contributed by atoms with Gasteiger partial charge in [0.15, 0.2) is 0 Å². The SMILES string of the molecule is O=C(Oc1ccc2c(-c3cc4cc(Br)ccc4oc3=O)cc(=O)oc2c1)c1ccccc1F. The van der Waals surface area contributed by atoms with Crippen LogP contribution in [0, 0.1) is 5.82 Å². The lowest BCUT2D eigenvalue weighted by Gasteiger charge is -2.09. The van der Waals surface area contributed by atoms with Crippen molar-refractivity contribution in [2.75, 3.05) is 0 Å². The monoisotopic (exact) mass is 506 g/mol. The van der Waals surface area contributed by atoms with Gasteiger partial charge in [0.1, 0.15) is 22.7 Å². The second kappa shape index (κ2) is 8.14. The molecule has 6 nitrogen and oxygen atoms in total. The van der Waals surface area contributed by atoms with E-state index in [9.17, 15) is 18.8 Å². The standard InChI is InChI=1S/C25H12BrFO6/c26-14-5-8-21-13(9-14)10-19(25(30)33-21)18-12-23(28)32-22-11-15(6-7-16(18)22)31-24(29)17-3-1-2-4-20(17)27/h1-12H. The minimum absolute atomic E-state index is 0.0468. The zero-order valence-corrected chi connectivity index (χ0v) is 18.2. The molecule has 0 saturated heterocycles. The lowest BCUT2D eigenvalue weighted by Crippen LogP contribution is -2.10. The average molecular weight is 507 g/mol. The smallest absolute Gasteiger partial charge is 0.346 e. The van der Waals surface area contributed by atoms with Crippen molar-refractivity contribution in [3.05, 3.63) is 109 Å². The van der Waals surface area contributed by atoms with Gasteiger partial charge < -0.3 is 13.6 Å². The number of ether oxygens (including phenoxy) is 1. The Kier molecular flexibility index (Phi) is 5.14. The van der Waals surface area contributed by atoms with E-state index in [1.807, 2.05) is 0 Å². The number of esters is 1. The van der Waals surface area contributed by atoms with Crippen LogP contribution in [0.4, 0.5) is 4.39 Å². The second-order valence-electron chi connectivity index (χ2n) is 7.14. The van der Waals surface area contributed by atoms with Crippen LogP contribution in [0.2, 0.25) is 0 Å². The summed E-state index contributed by atoms with van der Waals surface area (Å²) in [7, 11) is 0. The van der Waals surface area contributed by atoms with Gasteiger partial charge in [0.2, 0.25) is 0 Å². The van der Waals surface area contributed by atoms with Crippen LogP contribution < -0.4 is 16.0 Å². The predicted molar refractivity (Wildman–Crippen MR) is 123 cm³/mol. The third-order valence-electron chi connectivity index (χ3n) is 5.00. The first-order chi connectivity index (χ1) is 15.9. The van der Waals surface area contributed by atoms with Crippen molar-refractivity contribution in [2.24, 2.45) is 0 Å². The van der Waals surface area contributed by atoms with Crippen molar-refractivity contribution in [1.29, 1.82) is 0 Å². The van der Waals surface area contributed by atoms with Crippen LogP contribution >= 0.6 is 15.9 Å². The van der Waals surface area contributed by atoms with Gasteiger partial charge in [-0.05, 0) is 48.5 Å². The summed E-state index contributed by atoms with van der Waals surface area (Å²) < 4.78 is 30.6. The Labute approximate surface area is 193 Å². The molecule has 0 amide bonds. The molecular formula is C25H12BrFO6. The van der Waals surface area contributed by atoms with Crippen LogP contribution in [0.25, 0.3) is 33.1 Å². The summed E-state index contributed by atoms with van der Waals surface area (Å²) >= 11 is 3.38. The molecule has 162 valence electrons. The minimum atomic E-state index is -0.897. The van der Waals surface area contributed by atoms with Crippen LogP contribution in [-0.4, -0.2) is 5.97 Å². The van der Waals surface area contributed by atoms with Crippen LogP contribution in [0.3, 0.4) is 0 Å². The number of benzene rings is 3. The first-order valence-corrected chi connectivity index (χ1v) is 10.5. The third kappa shape index (κ3) is 3.96. The Hall–Kier alpha value is -4.04. The molecule has 33 heavy (non-hydrogen) atoms. The Morgan fingerprint density at radius 1 is 0.848 bits per heavy atom. The van der Waals surface area contributed by atoms with E-state index < -0.39 is 23.0 Å². The second-order valence-corrected chi connectivity index (χ2v) is 8.05. The number of hydrogen-bond donors (Lipinski definition) is 0. The maximum atomic E-state index is 13.9. The highest BCUT2D eigenvalue weighted by atomic mass is 79.9. The molecule has 0 unspecified atom stereocenters. The van der Waals surface area contributed by atoms with Gasteiger partial charge in [-0.15, -0.1) is 0 Å². The molecule has 0 saturated carbocycles. The van der Waals surface area contributed by atoms with E-state index in [0.717, 1.165) is 10.5 Å². The molecule has 5 aromatic rings. The predicted octanol–water partition coefficient (Wildman–Crippen LogP) is 5.69. The summed E-state index contributed by atoms with van der Waals surface area (Å²) in [5.41, 5.74) is -0.576. The van der Waals surface area contributed by atoms with Gasteiger partial charge in [0.05, 0.1) is 11.1 Å². The van der Waals surface area contributed by atoms with Crippen LogP contribution in [0.5, 0.6) is 5.75 Å². The maximum Gasteiger partial charge on any atom is 0.346 e. The molecule has 0 aliphatic rings. The minimum Gasteiger partial charge on any atom is -0.423 e. The summed E-state index contributed by atoms with van der Waals surface area (Å²) in [6.07, 6.45) is 0. The molecular weight excluding hydrogens is 495 g/mol. The molecule has 0 bridgehead atoms.